The summed E-state index contributed by atoms with van der Waals surface area (Å²) in [4.78, 5) is 28.8. The van der Waals surface area contributed by atoms with Gasteiger partial charge in [0.2, 0.25) is 11.8 Å². The minimum atomic E-state index is -0.340. The second-order valence-electron chi connectivity index (χ2n) is 6.90. The van der Waals surface area contributed by atoms with E-state index < -0.39 is 0 Å². The molecule has 1 atom stereocenters. The number of amides is 2. The van der Waals surface area contributed by atoms with Crippen molar-refractivity contribution in [3.63, 3.8) is 0 Å². The van der Waals surface area contributed by atoms with Gasteiger partial charge in [0, 0.05) is 31.4 Å². The number of likely N-dealkylation sites (tertiary alicyclic amines) is 1. The van der Waals surface area contributed by atoms with E-state index in [2.05, 4.69) is 5.32 Å². The fourth-order valence-electron chi connectivity index (χ4n) is 3.26. The Morgan fingerprint density at radius 3 is 2.77 bits per heavy atom. The van der Waals surface area contributed by atoms with Crippen LogP contribution in [-0.4, -0.2) is 62.5 Å². The first kappa shape index (κ1) is 18.2. The Labute approximate surface area is 153 Å². The molecular weight excluding hydrogens is 330 g/mol. The first-order chi connectivity index (χ1) is 12.5. The van der Waals surface area contributed by atoms with Crippen LogP contribution < -0.4 is 10.1 Å². The normalized spacial score (nSPS) is 17.2. The lowest BCUT2D eigenvalue weighted by Crippen LogP contribution is -2.34. The maximum absolute atomic E-state index is 12.8. The minimum absolute atomic E-state index is 0.0388. The number of nitrogens with one attached hydrogen (secondary N) is 1. The number of anilines is 1. The van der Waals surface area contributed by atoms with Gasteiger partial charge in [-0.2, -0.15) is 0 Å². The third kappa shape index (κ3) is 3.80. The van der Waals surface area contributed by atoms with Gasteiger partial charge < -0.3 is 19.9 Å². The van der Waals surface area contributed by atoms with Crippen LogP contribution in [0.25, 0.3) is 10.8 Å². The van der Waals surface area contributed by atoms with Crippen LogP contribution in [0.3, 0.4) is 0 Å². The van der Waals surface area contributed by atoms with E-state index in [1.807, 2.05) is 55.4 Å². The summed E-state index contributed by atoms with van der Waals surface area (Å²) in [5.41, 5.74) is 0.662. The highest BCUT2D eigenvalue weighted by atomic mass is 16.5. The van der Waals surface area contributed by atoms with Gasteiger partial charge in [-0.3, -0.25) is 9.59 Å². The van der Waals surface area contributed by atoms with Crippen molar-refractivity contribution in [3.05, 3.63) is 36.4 Å². The molecule has 1 fully saturated rings. The summed E-state index contributed by atoms with van der Waals surface area (Å²) in [6.07, 6.45) is 0.256. The number of fused-ring (bicyclic) bond motifs is 1. The van der Waals surface area contributed by atoms with Gasteiger partial charge in [0.05, 0.1) is 18.7 Å². The molecule has 2 aromatic carbocycles. The van der Waals surface area contributed by atoms with Crippen LogP contribution in [0, 0.1) is 5.92 Å². The highest BCUT2D eigenvalue weighted by Gasteiger charge is 2.34. The standard InChI is InChI=1S/C20H25N3O3/c1-22(2)10-11-23-13-15(12-18(23)24)20(25)21-19-16-7-5-4-6-14(16)8-9-17(19)26-3/h4-9,15H,10-13H2,1-3H3,(H,21,25). The van der Waals surface area contributed by atoms with Crippen LogP contribution in [0.4, 0.5) is 5.69 Å². The van der Waals surface area contributed by atoms with Crippen molar-refractivity contribution in [1.29, 1.82) is 0 Å². The summed E-state index contributed by atoms with van der Waals surface area (Å²) in [5.74, 6) is 0.177. The summed E-state index contributed by atoms with van der Waals surface area (Å²) in [6.45, 7) is 1.90. The maximum atomic E-state index is 12.8. The SMILES string of the molecule is COc1ccc2ccccc2c1NC(=O)C1CC(=O)N(CCN(C)C)C1. The van der Waals surface area contributed by atoms with Crippen LogP contribution in [0.5, 0.6) is 5.75 Å². The Balaban J connectivity index is 1.76. The first-order valence-electron chi connectivity index (χ1n) is 8.78. The number of ether oxygens (including phenoxy) is 1. The number of carbonyl (C=O) groups is 2. The number of hydrogen-bond acceptors (Lipinski definition) is 4. The molecule has 0 radical (unpaired) electrons. The second-order valence-corrected chi connectivity index (χ2v) is 6.90. The molecule has 2 aromatic rings. The van der Waals surface area contributed by atoms with Crippen LogP contribution in [0.15, 0.2) is 36.4 Å². The van der Waals surface area contributed by atoms with Crippen LogP contribution >= 0.6 is 0 Å². The summed E-state index contributed by atoms with van der Waals surface area (Å²) < 4.78 is 5.43. The molecule has 0 bridgehead atoms. The number of benzene rings is 2. The van der Waals surface area contributed by atoms with Crippen molar-refractivity contribution in [1.82, 2.24) is 9.80 Å². The fourth-order valence-corrected chi connectivity index (χ4v) is 3.26. The molecule has 3 rings (SSSR count). The van der Waals surface area contributed by atoms with Gasteiger partial charge in [-0.05, 0) is 25.5 Å². The van der Waals surface area contributed by atoms with Crippen molar-refractivity contribution in [2.45, 2.75) is 6.42 Å². The highest BCUT2D eigenvalue weighted by Crippen LogP contribution is 2.34. The molecule has 0 aromatic heterocycles. The van der Waals surface area contributed by atoms with E-state index in [4.69, 9.17) is 4.74 Å². The smallest absolute Gasteiger partial charge is 0.229 e. The zero-order chi connectivity index (χ0) is 18.7. The Kier molecular flexibility index (Phi) is 5.42. The number of carbonyl (C=O) groups excluding carboxylic acids is 2. The second kappa shape index (κ2) is 7.74. The van der Waals surface area contributed by atoms with E-state index in [0.29, 0.717) is 24.5 Å². The molecule has 6 nitrogen and oxygen atoms in total. The molecule has 26 heavy (non-hydrogen) atoms. The predicted molar refractivity (Wildman–Crippen MR) is 102 cm³/mol. The first-order valence-corrected chi connectivity index (χ1v) is 8.78. The van der Waals surface area contributed by atoms with Gasteiger partial charge in [0.1, 0.15) is 5.75 Å². The largest absolute Gasteiger partial charge is 0.495 e. The monoisotopic (exact) mass is 355 g/mol. The highest BCUT2D eigenvalue weighted by molar-refractivity contribution is 6.06. The molecule has 1 N–H and O–H groups in total. The van der Waals surface area contributed by atoms with Gasteiger partial charge in [-0.25, -0.2) is 0 Å². The lowest BCUT2D eigenvalue weighted by atomic mass is 10.1. The average Bonchev–Trinajstić information content (AvgIpc) is 3.01. The molecular formula is C20H25N3O3. The molecule has 6 heteroatoms. The van der Waals surface area contributed by atoms with E-state index in [0.717, 1.165) is 17.3 Å². The van der Waals surface area contributed by atoms with Crippen LogP contribution in [0.2, 0.25) is 0 Å². The molecule has 1 saturated heterocycles. The molecule has 1 aliphatic rings. The summed E-state index contributed by atoms with van der Waals surface area (Å²) in [6, 6.07) is 11.6. The number of rotatable bonds is 6. The molecule has 0 saturated carbocycles. The van der Waals surface area contributed by atoms with Gasteiger partial charge in [-0.15, -0.1) is 0 Å². The molecule has 0 spiro atoms. The molecule has 0 aliphatic carbocycles. The van der Waals surface area contributed by atoms with Gasteiger partial charge in [-0.1, -0.05) is 30.3 Å². The maximum Gasteiger partial charge on any atom is 0.229 e. The molecule has 1 aliphatic heterocycles. The van der Waals surface area contributed by atoms with Crippen molar-refractivity contribution in [2.24, 2.45) is 5.92 Å². The van der Waals surface area contributed by atoms with E-state index in [1.54, 1.807) is 12.0 Å². The zero-order valence-electron chi connectivity index (χ0n) is 15.5. The van der Waals surface area contributed by atoms with Crippen LogP contribution in [0.1, 0.15) is 6.42 Å². The minimum Gasteiger partial charge on any atom is -0.495 e. The topological polar surface area (TPSA) is 61.9 Å². The number of likely N-dealkylation sites (N-methyl/N-ethyl adjacent to an activating group) is 1. The van der Waals surface area contributed by atoms with Crippen molar-refractivity contribution < 1.29 is 14.3 Å². The lowest BCUT2D eigenvalue weighted by molar-refractivity contribution is -0.128. The predicted octanol–water partition coefficient (Wildman–Crippen LogP) is 2.20. The van der Waals surface area contributed by atoms with E-state index >= 15 is 0 Å². The van der Waals surface area contributed by atoms with Crippen molar-refractivity contribution in [3.8, 4) is 5.75 Å². The van der Waals surface area contributed by atoms with Crippen molar-refractivity contribution >= 4 is 28.3 Å². The lowest BCUT2D eigenvalue weighted by Gasteiger charge is -2.19. The summed E-state index contributed by atoms with van der Waals surface area (Å²) >= 11 is 0. The van der Waals surface area contributed by atoms with E-state index in [-0.39, 0.29) is 24.2 Å². The molecule has 2 amide bonds. The number of methoxy groups -OCH3 is 1. The third-order valence-corrected chi connectivity index (χ3v) is 4.76. The van der Waals surface area contributed by atoms with Gasteiger partial charge in [0.25, 0.3) is 0 Å². The van der Waals surface area contributed by atoms with Crippen molar-refractivity contribution in [2.75, 3.05) is 46.2 Å². The summed E-state index contributed by atoms with van der Waals surface area (Å²) in [5, 5.41) is 4.95. The average molecular weight is 355 g/mol. The fraction of sp³-hybridized carbons (Fsp3) is 0.400. The number of nitrogens with zero attached hydrogens (tertiary/aromatic N) is 2. The van der Waals surface area contributed by atoms with Gasteiger partial charge >= 0.3 is 0 Å². The molecule has 138 valence electrons. The molecule has 1 heterocycles. The van der Waals surface area contributed by atoms with E-state index in [9.17, 15) is 9.59 Å². The Hall–Kier alpha value is -2.60. The van der Waals surface area contributed by atoms with Crippen LogP contribution in [-0.2, 0) is 9.59 Å². The zero-order valence-corrected chi connectivity index (χ0v) is 15.5. The number of hydrogen-bond donors (Lipinski definition) is 1. The Bertz CT molecular complexity index is 819. The van der Waals surface area contributed by atoms with E-state index in [1.165, 1.54) is 0 Å². The third-order valence-electron chi connectivity index (χ3n) is 4.76. The Morgan fingerprint density at radius 1 is 1.27 bits per heavy atom. The molecule has 1 unspecified atom stereocenters. The quantitative estimate of drug-likeness (QED) is 0.863. The van der Waals surface area contributed by atoms with Gasteiger partial charge in [0.15, 0.2) is 0 Å². The Morgan fingerprint density at radius 2 is 2.04 bits per heavy atom. The summed E-state index contributed by atoms with van der Waals surface area (Å²) in [7, 11) is 5.52.